The second-order valence-electron chi connectivity index (χ2n) is 11.9. The zero-order valence-electron chi connectivity index (χ0n) is 20.5. The number of amides is 2. The molecule has 0 saturated heterocycles. The third-order valence-corrected chi connectivity index (χ3v) is 9.18. The van der Waals surface area contributed by atoms with E-state index < -0.39 is 0 Å². The third-order valence-electron chi connectivity index (χ3n) is 9.18. The van der Waals surface area contributed by atoms with Crippen LogP contribution in [0.3, 0.4) is 0 Å². The fraction of sp³-hybridized carbons (Fsp3) is 0.929. The Kier molecular flexibility index (Phi) is 8.94. The van der Waals surface area contributed by atoms with E-state index in [1.54, 1.807) is 0 Å². The fourth-order valence-electron chi connectivity index (χ4n) is 7.81. The molecule has 4 nitrogen and oxygen atoms in total. The number of hydrogen-bond acceptors (Lipinski definition) is 2. The summed E-state index contributed by atoms with van der Waals surface area (Å²) in [6.07, 6.45) is 23.6. The Hall–Kier alpha value is -1.06. The molecule has 0 aromatic carbocycles. The lowest BCUT2D eigenvalue weighted by Gasteiger charge is -2.55. The first kappa shape index (κ1) is 24.1. The molecule has 2 N–H and O–H groups in total. The summed E-state index contributed by atoms with van der Waals surface area (Å²) < 4.78 is 0. The van der Waals surface area contributed by atoms with Gasteiger partial charge in [-0.15, -0.1) is 0 Å². The highest BCUT2D eigenvalue weighted by molar-refractivity contribution is 5.83. The van der Waals surface area contributed by atoms with E-state index in [0.717, 1.165) is 56.5 Å². The Bertz CT molecular complexity index is 575. The van der Waals surface area contributed by atoms with Crippen LogP contribution in [0.2, 0.25) is 0 Å². The van der Waals surface area contributed by atoms with Crippen LogP contribution in [0, 0.1) is 29.1 Å². The molecule has 4 heteroatoms. The van der Waals surface area contributed by atoms with Crippen LogP contribution < -0.4 is 10.6 Å². The van der Waals surface area contributed by atoms with Gasteiger partial charge in [0.05, 0.1) is 0 Å². The molecule has 0 aliphatic heterocycles. The first-order valence-corrected chi connectivity index (χ1v) is 14.2. The van der Waals surface area contributed by atoms with Gasteiger partial charge in [0.2, 0.25) is 11.8 Å². The SMILES string of the molecule is O=C(NCCCCCCCCCCNC(=O)C12CC3CC(CC(C3)C1)C2)C1CCCCC1. The monoisotopic (exact) mass is 444 g/mol. The normalized spacial score (nSPS) is 31.6. The van der Waals surface area contributed by atoms with E-state index in [9.17, 15) is 9.59 Å². The topological polar surface area (TPSA) is 58.2 Å². The maximum atomic E-state index is 13.0. The van der Waals surface area contributed by atoms with E-state index in [-0.39, 0.29) is 5.41 Å². The van der Waals surface area contributed by atoms with Crippen molar-refractivity contribution in [2.45, 2.75) is 122 Å². The highest BCUT2D eigenvalue weighted by Gasteiger charge is 2.54. The van der Waals surface area contributed by atoms with Gasteiger partial charge in [-0.25, -0.2) is 0 Å². The minimum absolute atomic E-state index is 0.0185. The molecule has 5 fully saturated rings. The summed E-state index contributed by atoms with van der Waals surface area (Å²) in [5, 5.41) is 6.48. The van der Waals surface area contributed by atoms with Crippen LogP contribution in [0.25, 0.3) is 0 Å². The molecule has 32 heavy (non-hydrogen) atoms. The van der Waals surface area contributed by atoms with Crippen LogP contribution >= 0.6 is 0 Å². The average molecular weight is 445 g/mol. The summed E-state index contributed by atoms with van der Waals surface area (Å²) >= 11 is 0. The number of nitrogens with one attached hydrogen (secondary N) is 2. The molecule has 4 bridgehead atoms. The van der Waals surface area contributed by atoms with E-state index in [0.29, 0.717) is 17.7 Å². The number of unbranched alkanes of at least 4 members (excludes halogenated alkanes) is 7. The standard InChI is InChI=1S/C28H48N2O2/c31-26(25-12-8-7-9-13-25)29-14-10-5-3-1-2-4-6-11-15-30-27(32)28-19-22-16-23(20-28)18-24(17-22)21-28/h22-25H,1-21H2,(H,29,31)(H,30,32). The molecule has 2 amide bonds. The first-order valence-electron chi connectivity index (χ1n) is 14.2. The molecule has 0 aromatic rings. The van der Waals surface area contributed by atoms with Crippen molar-refractivity contribution in [1.82, 2.24) is 10.6 Å². The van der Waals surface area contributed by atoms with Crippen molar-refractivity contribution in [3.8, 4) is 0 Å². The van der Waals surface area contributed by atoms with Gasteiger partial charge >= 0.3 is 0 Å². The van der Waals surface area contributed by atoms with Crippen molar-refractivity contribution < 1.29 is 9.59 Å². The van der Waals surface area contributed by atoms with Gasteiger partial charge in [-0.05, 0) is 82.0 Å². The van der Waals surface area contributed by atoms with Gasteiger partial charge in [0.1, 0.15) is 0 Å². The van der Waals surface area contributed by atoms with Crippen LogP contribution in [0.1, 0.15) is 122 Å². The van der Waals surface area contributed by atoms with Crippen molar-refractivity contribution in [2.75, 3.05) is 13.1 Å². The highest BCUT2D eigenvalue weighted by Crippen LogP contribution is 2.60. The maximum absolute atomic E-state index is 13.0. The summed E-state index contributed by atoms with van der Waals surface area (Å²) in [5.41, 5.74) is 0.0185. The van der Waals surface area contributed by atoms with Gasteiger partial charge in [-0.3, -0.25) is 9.59 Å². The molecule has 0 aromatic heterocycles. The van der Waals surface area contributed by atoms with E-state index >= 15 is 0 Å². The van der Waals surface area contributed by atoms with Crippen molar-refractivity contribution in [1.29, 1.82) is 0 Å². The minimum atomic E-state index is 0.0185. The van der Waals surface area contributed by atoms with Crippen molar-refractivity contribution in [3.63, 3.8) is 0 Å². The lowest BCUT2D eigenvalue weighted by Crippen LogP contribution is -2.53. The number of hydrogen-bond donors (Lipinski definition) is 2. The predicted octanol–water partition coefficient (Wildman–Crippen LogP) is 6.14. The fourth-order valence-corrected chi connectivity index (χ4v) is 7.81. The highest BCUT2D eigenvalue weighted by atomic mass is 16.2. The quantitative estimate of drug-likeness (QED) is 0.335. The lowest BCUT2D eigenvalue weighted by atomic mass is 9.49. The van der Waals surface area contributed by atoms with Gasteiger partial charge in [-0.2, -0.15) is 0 Å². The van der Waals surface area contributed by atoms with Gasteiger partial charge in [-0.1, -0.05) is 57.8 Å². The number of rotatable bonds is 13. The first-order chi connectivity index (χ1) is 15.6. The Morgan fingerprint density at radius 1 is 0.625 bits per heavy atom. The van der Waals surface area contributed by atoms with Crippen LogP contribution in [0.4, 0.5) is 0 Å². The molecular formula is C28H48N2O2. The summed E-state index contributed by atoms with van der Waals surface area (Å²) in [5.74, 6) is 3.54. The van der Waals surface area contributed by atoms with E-state index in [1.807, 2.05) is 0 Å². The largest absolute Gasteiger partial charge is 0.356 e. The van der Waals surface area contributed by atoms with Gasteiger partial charge in [0, 0.05) is 24.4 Å². The summed E-state index contributed by atoms with van der Waals surface area (Å²) in [4.78, 5) is 25.1. The Morgan fingerprint density at radius 3 is 1.62 bits per heavy atom. The molecule has 0 radical (unpaired) electrons. The molecular weight excluding hydrogens is 396 g/mol. The number of carbonyl (C=O) groups excluding carboxylic acids is 2. The predicted molar refractivity (Wildman–Crippen MR) is 130 cm³/mol. The minimum Gasteiger partial charge on any atom is -0.356 e. The average Bonchev–Trinajstić information content (AvgIpc) is 2.79. The Morgan fingerprint density at radius 2 is 1.09 bits per heavy atom. The zero-order valence-corrected chi connectivity index (χ0v) is 20.5. The molecule has 5 aliphatic rings. The van der Waals surface area contributed by atoms with Crippen LogP contribution in [-0.4, -0.2) is 24.9 Å². The van der Waals surface area contributed by atoms with E-state index in [1.165, 1.54) is 96.3 Å². The molecule has 0 unspecified atom stereocenters. The second kappa shape index (κ2) is 11.9. The zero-order chi connectivity index (χ0) is 22.2. The Labute approximate surface area is 196 Å². The van der Waals surface area contributed by atoms with Crippen molar-refractivity contribution in [2.24, 2.45) is 29.1 Å². The lowest BCUT2D eigenvalue weighted by molar-refractivity contribution is -0.146. The molecule has 0 atom stereocenters. The molecule has 0 spiro atoms. The summed E-state index contributed by atoms with van der Waals surface area (Å²) in [7, 11) is 0. The maximum Gasteiger partial charge on any atom is 0.226 e. The van der Waals surface area contributed by atoms with E-state index in [2.05, 4.69) is 10.6 Å². The Balaban J connectivity index is 0.948. The second-order valence-corrected chi connectivity index (χ2v) is 11.9. The molecule has 182 valence electrons. The molecule has 5 saturated carbocycles. The summed E-state index contributed by atoms with van der Waals surface area (Å²) in [6, 6.07) is 0. The van der Waals surface area contributed by atoms with Crippen LogP contribution in [0.15, 0.2) is 0 Å². The summed E-state index contributed by atoms with van der Waals surface area (Å²) in [6.45, 7) is 1.74. The molecule has 0 heterocycles. The van der Waals surface area contributed by atoms with Gasteiger partial charge < -0.3 is 10.6 Å². The van der Waals surface area contributed by atoms with Crippen molar-refractivity contribution >= 4 is 11.8 Å². The van der Waals surface area contributed by atoms with Gasteiger partial charge in [0.25, 0.3) is 0 Å². The third kappa shape index (κ3) is 6.50. The van der Waals surface area contributed by atoms with Crippen LogP contribution in [-0.2, 0) is 9.59 Å². The van der Waals surface area contributed by atoms with Crippen LogP contribution in [0.5, 0.6) is 0 Å². The van der Waals surface area contributed by atoms with E-state index in [4.69, 9.17) is 0 Å². The smallest absolute Gasteiger partial charge is 0.226 e. The molecule has 5 rings (SSSR count). The molecule has 5 aliphatic carbocycles. The number of carbonyl (C=O) groups is 2. The van der Waals surface area contributed by atoms with Gasteiger partial charge in [0.15, 0.2) is 0 Å². The van der Waals surface area contributed by atoms with Crippen molar-refractivity contribution in [3.05, 3.63) is 0 Å².